The van der Waals surface area contributed by atoms with Gasteiger partial charge in [0.05, 0.1) is 0 Å². The highest BCUT2D eigenvalue weighted by atomic mass is 16.2. The molecule has 0 spiro atoms. The summed E-state index contributed by atoms with van der Waals surface area (Å²) in [4.78, 5) is 14.8. The molecule has 21 heavy (non-hydrogen) atoms. The zero-order valence-electron chi connectivity index (χ0n) is 13.3. The van der Waals surface area contributed by atoms with Crippen LogP contribution in [0.4, 0.5) is 0 Å². The first kappa shape index (κ1) is 16.0. The number of rotatable bonds is 5. The molecular weight excluding hydrogens is 262 g/mol. The van der Waals surface area contributed by atoms with Gasteiger partial charge in [0.25, 0.3) is 0 Å². The molecule has 0 bridgehead atoms. The summed E-state index contributed by atoms with van der Waals surface area (Å²) in [6.07, 6.45) is 1.14. The van der Waals surface area contributed by atoms with Crippen molar-refractivity contribution in [1.29, 1.82) is 0 Å². The molecule has 0 saturated carbocycles. The molecule has 2 atom stereocenters. The predicted molar refractivity (Wildman–Crippen MR) is 85.8 cm³/mol. The first-order valence-electron chi connectivity index (χ1n) is 7.78. The van der Waals surface area contributed by atoms with Crippen LogP contribution in [0.15, 0.2) is 30.3 Å². The van der Waals surface area contributed by atoms with Gasteiger partial charge >= 0.3 is 0 Å². The number of carbonyl (C=O) groups excluding carboxylic acids is 1. The van der Waals surface area contributed by atoms with Crippen LogP contribution in [-0.2, 0) is 10.3 Å². The van der Waals surface area contributed by atoms with Gasteiger partial charge in [0.1, 0.15) is 5.54 Å². The van der Waals surface area contributed by atoms with Crippen molar-refractivity contribution < 1.29 is 4.79 Å². The Kier molecular flexibility index (Phi) is 5.01. The Morgan fingerprint density at radius 2 is 2.10 bits per heavy atom. The summed E-state index contributed by atoms with van der Waals surface area (Å²) in [6, 6.07) is 10.1. The van der Waals surface area contributed by atoms with E-state index in [4.69, 9.17) is 5.73 Å². The monoisotopic (exact) mass is 289 g/mol. The number of likely N-dealkylation sites (tertiary alicyclic amines) is 1. The van der Waals surface area contributed by atoms with Crippen LogP contribution in [0, 0.1) is 5.92 Å². The third-order valence-corrected chi connectivity index (χ3v) is 4.44. The molecule has 1 saturated heterocycles. The number of nitrogens with two attached hydrogens (primary N) is 1. The van der Waals surface area contributed by atoms with Gasteiger partial charge in [0, 0.05) is 19.1 Å². The normalized spacial score (nSPS) is 22.2. The number of nitrogens with one attached hydrogen (secondary N) is 1. The molecule has 1 amide bonds. The molecule has 3 N–H and O–H groups in total. The lowest BCUT2D eigenvalue weighted by Gasteiger charge is -2.25. The third kappa shape index (κ3) is 3.83. The van der Waals surface area contributed by atoms with E-state index in [9.17, 15) is 4.79 Å². The summed E-state index contributed by atoms with van der Waals surface area (Å²) < 4.78 is 0. The van der Waals surface area contributed by atoms with Gasteiger partial charge in [-0.1, -0.05) is 30.3 Å². The minimum atomic E-state index is -0.975. The molecule has 2 unspecified atom stereocenters. The van der Waals surface area contributed by atoms with Crippen molar-refractivity contribution in [3.8, 4) is 0 Å². The average Bonchev–Trinajstić information content (AvgIpc) is 2.94. The second-order valence-electron chi connectivity index (χ2n) is 6.52. The fourth-order valence-electron chi connectivity index (χ4n) is 2.83. The number of amides is 1. The molecule has 1 fully saturated rings. The molecule has 1 heterocycles. The Labute approximate surface area is 127 Å². The largest absolute Gasteiger partial charge is 0.354 e. The van der Waals surface area contributed by atoms with Gasteiger partial charge in [-0.15, -0.1) is 0 Å². The van der Waals surface area contributed by atoms with E-state index in [2.05, 4.69) is 24.1 Å². The van der Waals surface area contributed by atoms with E-state index in [-0.39, 0.29) is 5.91 Å². The molecule has 1 aliphatic heterocycles. The first-order chi connectivity index (χ1) is 9.91. The summed E-state index contributed by atoms with van der Waals surface area (Å²) in [5.41, 5.74) is 6.09. The minimum absolute atomic E-state index is 0.100. The summed E-state index contributed by atoms with van der Waals surface area (Å²) in [5.74, 6) is 0.430. The Bertz CT molecular complexity index is 470. The van der Waals surface area contributed by atoms with Gasteiger partial charge in [-0.3, -0.25) is 4.79 Å². The standard InChI is InChI=1S/C17H27N3O/c1-13(2)20-10-9-14(12-20)11-19-16(21)17(3,18)15-7-5-4-6-8-15/h4-8,13-14H,9-12,18H2,1-3H3,(H,19,21). The summed E-state index contributed by atoms with van der Waals surface area (Å²) in [5, 5.41) is 3.03. The fraction of sp³-hybridized carbons (Fsp3) is 0.588. The van der Waals surface area contributed by atoms with Crippen LogP contribution >= 0.6 is 0 Å². The molecule has 2 rings (SSSR count). The fourth-order valence-corrected chi connectivity index (χ4v) is 2.83. The number of benzene rings is 1. The third-order valence-electron chi connectivity index (χ3n) is 4.44. The molecule has 4 heteroatoms. The molecule has 1 aliphatic rings. The van der Waals surface area contributed by atoms with Crippen LogP contribution in [-0.4, -0.2) is 36.5 Å². The van der Waals surface area contributed by atoms with Crippen LogP contribution in [0.2, 0.25) is 0 Å². The lowest BCUT2D eigenvalue weighted by molar-refractivity contribution is -0.126. The van der Waals surface area contributed by atoms with Gasteiger partial charge in [-0.2, -0.15) is 0 Å². The van der Waals surface area contributed by atoms with Gasteiger partial charge in [0.2, 0.25) is 5.91 Å². The van der Waals surface area contributed by atoms with Gasteiger partial charge in [0.15, 0.2) is 0 Å². The van der Waals surface area contributed by atoms with Crippen LogP contribution < -0.4 is 11.1 Å². The van der Waals surface area contributed by atoms with Crippen molar-refractivity contribution in [2.45, 2.75) is 38.8 Å². The van der Waals surface area contributed by atoms with E-state index in [0.29, 0.717) is 18.5 Å². The topological polar surface area (TPSA) is 58.4 Å². The molecular formula is C17H27N3O. The SMILES string of the molecule is CC(C)N1CCC(CNC(=O)C(C)(N)c2ccccc2)C1. The van der Waals surface area contributed by atoms with Crippen molar-refractivity contribution in [3.05, 3.63) is 35.9 Å². The number of carbonyl (C=O) groups is 1. The van der Waals surface area contributed by atoms with Crippen molar-refractivity contribution in [1.82, 2.24) is 10.2 Å². The van der Waals surface area contributed by atoms with Crippen LogP contribution in [0.5, 0.6) is 0 Å². The quantitative estimate of drug-likeness (QED) is 0.867. The maximum absolute atomic E-state index is 12.4. The Balaban J connectivity index is 1.88. The highest BCUT2D eigenvalue weighted by Gasteiger charge is 2.31. The van der Waals surface area contributed by atoms with E-state index >= 15 is 0 Å². The maximum Gasteiger partial charge on any atom is 0.244 e. The minimum Gasteiger partial charge on any atom is -0.354 e. The van der Waals surface area contributed by atoms with Crippen LogP contribution in [0.25, 0.3) is 0 Å². The Hall–Kier alpha value is -1.39. The van der Waals surface area contributed by atoms with Crippen LogP contribution in [0.3, 0.4) is 0 Å². The van der Waals surface area contributed by atoms with E-state index in [0.717, 1.165) is 25.1 Å². The van der Waals surface area contributed by atoms with Gasteiger partial charge < -0.3 is 16.0 Å². The van der Waals surface area contributed by atoms with Crippen molar-refractivity contribution in [3.63, 3.8) is 0 Å². The highest BCUT2D eigenvalue weighted by Crippen LogP contribution is 2.20. The zero-order chi connectivity index (χ0) is 15.5. The van der Waals surface area contributed by atoms with Crippen molar-refractivity contribution in [2.24, 2.45) is 11.7 Å². The lowest BCUT2D eigenvalue weighted by atomic mass is 9.92. The summed E-state index contributed by atoms with van der Waals surface area (Å²) in [6.45, 7) is 9.09. The van der Waals surface area contributed by atoms with E-state index in [1.165, 1.54) is 0 Å². The van der Waals surface area contributed by atoms with E-state index in [1.807, 2.05) is 30.3 Å². The second-order valence-corrected chi connectivity index (χ2v) is 6.52. The Morgan fingerprint density at radius 3 is 2.67 bits per heavy atom. The zero-order valence-corrected chi connectivity index (χ0v) is 13.3. The predicted octanol–water partition coefficient (Wildman–Crippen LogP) is 1.71. The van der Waals surface area contributed by atoms with Crippen molar-refractivity contribution >= 4 is 5.91 Å². The van der Waals surface area contributed by atoms with Gasteiger partial charge in [-0.25, -0.2) is 0 Å². The molecule has 1 aromatic rings. The van der Waals surface area contributed by atoms with E-state index < -0.39 is 5.54 Å². The van der Waals surface area contributed by atoms with E-state index in [1.54, 1.807) is 6.92 Å². The first-order valence-corrected chi connectivity index (χ1v) is 7.78. The van der Waals surface area contributed by atoms with Crippen LogP contribution in [0.1, 0.15) is 32.8 Å². The average molecular weight is 289 g/mol. The molecule has 116 valence electrons. The molecule has 4 nitrogen and oxygen atoms in total. The maximum atomic E-state index is 12.4. The number of hydrogen-bond acceptors (Lipinski definition) is 3. The molecule has 0 radical (unpaired) electrons. The highest BCUT2D eigenvalue weighted by molar-refractivity contribution is 5.86. The molecule has 0 aliphatic carbocycles. The number of hydrogen-bond donors (Lipinski definition) is 2. The molecule has 1 aromatic carbocycles. The smallest absolute Gasteiger partial charge is 0.244 e. The molecule has 0 aromatic heterocycles. The second kappa shape index (κ2) is 6.58. The summed E-state index contributed by atoms with van der Waals surface area (Å²) in [7, 11) is 0. The Morgan fingerprint density at radius 1 is 1.43 bits per heavy atom. The summed E-state index contributed by atoms with van der Waals surface area (Å²) >= 11 is 0. The van der Waals surface area contributed by atoms with Gasteiger partial charge in [-0.05, 0) is 45.2 Å². The van der Waals surface area contributed by atoms with Crippen molar-refractivity contribution in [2.75, 3.05) is 19.6 Å². The lowest BCUT2D eigenvalue weighted by Crippen LogP contribution is -2.50. The number of nitrogens with zero attached hydrogens (tertiary/aromatic N) is 1.